The van der Waals surface area contributed by atoms with Crippen LogP contribution in [-0.4, -0.2) is 111 Å². The monoisotopic (exact) mass is 652 g/mol. The average Bonchev–Trinajstić information content (AvgIpc) is 3.37. The van der Waals surface area contributed by atoms with E-state index in [0.29, 0.717) is 6.61 Å². The van der Waals surface area contributed by atoms with Gasteiger partial charge in [0, 0.05) is 13.2 Å². The summed E-state index contributed by atoms with van der Waals surface area (Å²) in [6, 6.07) is 17.3. The van der Waals surface area contributed by atoms with Crippen LogP contribution in [-0.2, 0) is 18.9 Å². The van der Waals surface area contributed by atoms with Gasteiger partial charge < -0.3 is 39.0 Å². The van der Waals surface area contributed by atoms with Crippen LogP contribution in [0.5, 0.6) is 0 Å². The number of benzene rings is 2. The molecule has 0 aromatic heterocycles. The summed E-state index contributed by atoms with van der Waals surface area (Å²) in [7, 11) is 8.25. The molecule has 5 atom stereocenters. The van der Waals surface area contributed by atoms with Gasteiger partial charge in [-0.05, 0) is 89.3 Å². The fourth-order valence-corrected chi connectivity index (χ4v) is 5.49. The summed E-state index contributed by atoms with van der Waals surface area (Å²) in [5.41, 5.74) is 6.61. The standard InChI is InChI=1S/C20H21N.C14H27NO6.2ClH/c1-21(2)15-7-12-20-18-10-5-3-8-16(18)13-14-17-9-4-6-11-19(17)20;1-14(2)20-12-11(18-7-5-6-15(3)4)10(9(17)8-16)19-13(12)21-14;;/h3-6,8-14H,7,15H2,1-2H3;9-13,16-17H,5-8H2,1-4H3;2*1H. The molecule has 0 amide bonds. The first-order chi connectivity index (χ1) is 20.1. The lowest BCUT2D eigenvalue weighted by molar-refractivity contribution is -0.231. The Morgan fingerprint density at radius 1 is 0.886 bits per heavy atom. The lowest BCUT2D eigenvalue weighted by Gasteiger charge is -2.28. The number of aliphatic hydroxyl groups is 2. The molecule has 44 heavy (non-hydrogen) atoms. The summed E-state index contributed by atoms with van der Waals surface area (Å²) in [6.45, 7) is 5.77. The summed E-state index contributed by atoms with van der Waals surface area (Å²) in [6.07, 6.45) is 5.71. The summed E-state index contributed by atoms with van der Waals surface area (Å²) >= 11 is 0. The quantitative estimate of drug-likeness (QED) is 0.298. The molecule has 2 aliphatic heterocycles. The van der Waals surface area contributed by atoms with Crippen molar-refractivity contribution in [2.45, 2.75) is 63.2 Å². The molecule has 0 saturated carbocycles. The number of hydrogen-bond acceptors (Lipinski definition) is 8. The van der Waals surface area contributed by atoms with Gasteiger partial charge in [-0.3, -0.25) is 0 Å². The Labute approximate surface area is 275 Å². The Hall–Kier alpha value is -1.82. The third-order valence-electron chi connectivity index (χ3n) is 7.52. The number of fused-ring (bicyclic) bond motifs is 3. The van der Waals surface area contributed by atoms with Crippen molar-refractivity contribution in [3.63, 3.8) is 0 Å². The van der Waals surface area contributed by atoms with Crippen LogP contribution in [0.25, 0.3) is 17.7 Å². The number of nitrogens with zero attached hydrogens (tertiary/aromatic N) is 2. The Morgan fingerprint density at radius 3 is 2.00 bits per heavy atom. The summed E-state index contributed by atoms with van der Waals surface area (Å²) in [5.74, 6) is -0.726. The van der Waals surface area contributed by atoms with Gasteiger partial charge in [0.15, 0.2) is 12.1 Å². The van der Waals surface area contributed by atoms with Crippen molar-refractivity contribution < 1.29 is 29.2 Å². The normalized spacial score (nSPS) is 23.4. The minimum absolute atomic E-state index is 0. The maximum Gasteiger partial charge on any atom is 0.190 e. The van der Waals surface area contributed by atoms with E-state index in [1.807, 2.05) is 27.9 Å². The van der Waals surface area contributed by atoms with Gasteiger partial charge in [-0.15, -0.1) is 24.8 Å². The molecule has 10 heteroatoms. The molecule has 2 fully saturated rings. The van der Waals surface area contributed by atoms with E-state index >= 15 is 0 Å². The van der Waals surface area contributed by atoms with E-state index in [4.69, 9.17) is 24.1 Å². The topological polar surface area (TPSA) is 83.9 Å². The molecule has 0 bridgehead atoms. The van der Waals surface area contributed by atoms with Crippen LogP contribution in [0, 0.1) is 0 Å². The highest BCUT2D eigenvalue weighted by atomic mass is 35.5. The summed E-state index contributed by atoms with van der Waals surface area (Å²) in [5, 5.41) is 19.0. The second kappa shape index (κ2) is 17.8. The van der Waals surface area contributed by atoms with Gasteiger partial charge in [-0.25, -0.2) is 0 Å². The zero-order valence-corrected chi connectivity index (χ0v) is 28.4. The van der Waals surface area contributed by atoms with Crippen molar-refractivity contribution in [2.75, 3.05) is 54.5 Å². The zero-order chi connectivity index (χ0) is 30.3. The number of halogens is 2. The maximum atomic E-state index is 9.88. The highest BCUT2D eigenvalue weighted by Gasteiger charge is 2.56. The fraction of sp³-hybridized carbons (Fsp3) is 0.529. The van der Waals surface area contributed by atoms with Gasteiger partial charge >= 0.3 is 0 Å². The average molecular weight is 654 g/mol. The third kappa shape index (κ3) is 10.1. The highest BCUT2D eigenvalue weighted by Crippen LogP contribution is 2.39. The Bertz CT molecular complexity index is 1170. The van der Waals surface area contributed by atoms with E-state index in [1.165, 1.54) is 27.8 Å². The minimum atomic E-state index is -1.01. The van der Waals surface area contributed by atoms with Gasteiger partial charge in [0.05, 0.1) is 6.61 Å². The largest absolute Gasteiger partial charge is 0.394 e. The zero-order valence-electron chi connectivity index (χ0n) is 26.7. The smallest absolute Gasteiger partial charge is 0.190 e. The number of aliphatic hydroxyl groups excluding tert-OH is 2. The predicted molar refractivity (Wildman–Crippen MR) is 181 cm³/mol. The molecular formula is C34H50Cl2N2O6. The molecule has 0 spiro atoms. The van der Waals surface area contributed by atoms with Crippen molar-refractivity contribution in [1.29, 1.82) is 0 Å². The van der Waals surface area contributed by atoms with Gasteiger partial charge in [0.25, 0.3) is 0 Å². The van der Waals surface area contributed by atoms with E-state index in [1.54, 1.807) is 0 Å². The molecule has 5 unspecified atom stereocenters. The first kappa shape index (κ1) is 38.4. The molecule has 2 aromatic carbocycles. The number of hydrogen-bond donors (Lipinski definition) is 2. The van der Waals surface area contributed by atoms with E-state index < -0.39 is 30.4 Å². The molecule has 2 N–H and O–H groups in total. The Kier molecular flexibility index (Phi) is 15.5. The highest BCUT2D eigenvalue weighted by molar-refractivity contribution is 5.93. The van der Waals surface area contributed by atoms with E-state index in [9.17, 15) is 5.11 Å². The van der Waals surface area contributed by atoms with Crippen LogP contribution >= 0.6 is 24.8 Å². The van der Waals surface area contributed by atoms with Crippen molar-refractivity contribution in [3.05, 3.63) is 76.9 Å². The molecular weight excluding hydrogens is 603 g/mol. The van der Waals surface area contributed by atoms with E-state index in [-0.39, 0.29) is 37.5 Å². The second-order valence-electron chi connectivity index (χ2n) is 12.0. The second-order valence-corrected chi connectivity index (χ2v) is 12.0. The SMILES string of the molecule is CN(C)CCC=C1c2ccccc2C=Cc2ccccc21.CN(C)CCCOC1C(C(O)CO)OC2OC(C)(C)OC21.Cl.Cl. The molecule has 5 rings (SSSR count). The molecule has 2 saturated heterocycles. The van der Waals surface area contributed by atoms with Crippen molar-refractivity contribution in [2.24, 2.45) is 0 Å². The molecule has 3 aliphatic rings. The molecule has 2 heterocycles. The Balaban J connectivity index is 0.000000293. The lowest BCUT2D eigenvalue weighted by Crippen LogP contribution is -2.44. The molecule has 246 valence electrons. The molecule has 8 nitrogen and oxygen atoms in total. The van der Waals surface area contributed by atoms with Crippen LogP contribution < -0.4 is 0 Å². The van der Waals surface area contributed by atoms with Gasteiger partial charge in [0.2, 0.25) is 0 Å². The van der Waals surface area contributed by atoms with Gasteiger partial charge in [-0.1, -0.05) is 66.8 Å². The van der Waals surface area contributed by atoms with Crippen LogP contribution in [0.2, 0.25) is 0 Å². The first-order valence-corrected chi connectivity index (χ1v) is 14.9. The predicted octanol–water partition coefficient (Wildman–Crippen LogP) is 4.95. The van der Waals surface area contributed by atoms with Crippen LogP contribution in [0.4, 0.5) is 0 Å². The lowest BCUT2D eigenvalue weighted by atomic mass is 9.93. The third-order valence-corrected chi connectivity index (χ3v) is 7.52. The molecule has 0 radical (unpaired) electrons. The van der Waals surface area contributed by atoms with Crippen LogP contribution in [0.15, 0.2) is 54.6 Å². The minimum Gasteiger partial charge on any atom is -0.394 e. The van der Waals surface area contributed by atoms with Crippen molar-refractivity contribution >= 4 is 42.5 Å². The van der Waals surface area contributed by atoms with Gasteiger partial charge in [0.1, 0.15) is 24.4 Å². The number of ether oxygens (including phenoxy) is 4. The van der Waals surface area contributed by atoms with Gasteiger partial charge in [-0.2, -0.15) is 0 Å². The molecule has 1 aliphatic carbocycles. The Morgan fingerprint density at radius 2 is 1.45 bits per heavy atom. The van der Waals surface area contributed by atoms with Crippen molar-refractivity contribution in [1.82, 2.24) is 9.80 Å². The first-order valence-electron chi connectivity index (χ1n) is 14.9. The van der Waals surface area contributed by atoms with E-state index in [0.717, 1.165) is 25.9 Å². The summed E-state index contributed by atoms with van der Waals surface area (Å²) in [4.78, 5) is 4.31. The van der Waals surface area contributed by atoms with Crippen LogP contribution in [0.3, 0.4) is 0 Å². The maximum absolute atomic E-state index is 9.88. The van der Waals surface area contributed by atoms with Crippen LogP contribution in [0.1, 0.15) is 48.9 Å². The number of rotatable bonds is 10. The van der Waals surface area contributed by atoms with E-state index in [2.05, 4.69) is 90.7 Å². The fourth-order valence-electron chi connectivity index (χ4n) is 5.49. The summed E-state index contributed by atoms with van der Waals surface area (Å²) < 4.78 is 23.0. The molecule has 2 aromatic rings. The van der Waals surface area contributed by atoms with Crippen molar-refractivity contribution in [3.8, 4) is 0 Å².